The predicted octanol–water partition coefficient (Wildman–Crippen LogP) is 5.67. The van der Waals surface area contributed by atoms with Crippen molar-refractivity contribution in [2.24, 2.45) is 5.92 Å². The van der Waals surface area contributed by atoms with E-state index in [1.807, 2.05) is 50.6 Å². The minimum Gasteiger partial charge on any atom is -0.460 e. The van der Waals surface area contributed by atoms with Gasteiger partial charge in [0.05, 0.1) is 22.3 Å². The van der Waals surface area contributed by atoms with Crippen LogP contribution in [-0.4, -0.2) is 44.2 Å². The summed E-state index contributed by atoms with van der Waals surface area (Å²) in [5.41, 5.74) is 2.02. The van der Waals surface area contributed by atoms with Gasteiger partial charge >= 0.3 is 5.97 Å². The van der Waals surface area contributed by atoms with Crippen molar-refractivity contribution in [2.45, 2.75) is 77.9 Å². The second-order valence-corrected chi connectivity index (χ2v) is 12.1. The van der Waals surface area contributed by atoms with E-state index in [1.165, 1.54) is 0 Å². The van der Waals surface area contributed by atoms with Crippen molar-refractivity contribution < 1.29 is 9.53 Å². The van der Waals surface area contributed by atoms with Gasteiger partial charge in [0, 0.05) is 30.7 Å². The lowest BCUT2D eigenvalue weighted by Crippen LogP contribution is -2.38. The fourth-order valence-corrected chi connectivity index (χ4v) is 5.79. The number of piperidine rings is 1. The average Bonchev–Trinajstić information content (AvgIpc) is 3.41. The van der Waals surface area contributed by atoms with Gasteiger partial charge in [-0.1, -0.05) is 12.8 Å². The van der Waals surface area contributed by atoms with Crippen LogP contribution in [0.4, 0.5) is 17.5 Å². The smallest absolute Gasteiger partial charge is 0.309 e. The normalized spacial score (nSPS) is 17.2. The maximum absolute atomic E-state index is 13.2. The number of fused-ring (bicyclic) bond motifs is 1. The van der Waals surface area contributed by atoms with Crippen LogP contribution in [0.1, 0.15) is 70.9 Å². The standard InChI is InChI=1S/C28H35BrN6O3/c1-17-21-16-31-27(33-24(21)35(25(36)23(17)29)19-7-5-6-8-19)32-22-10-9-20(15-30-22)34-13-11-18(12-14-34)26(37)38-28(2,3)4/h9-10,15-16,18-19H,5-8,11-14H2,1-4H3,(H,30,31,32,33). The maximum Gasteiger partial charge on any atom is 0.309 e. The number of pyridine rings is 2. The third-order valence-corrected chi connectivity index (χ3v) is 8.35. The van der Waals surface area contributed by atoms with Crippen LogP contribution in [0.15, 0.2) is 33.8 Å². The van der Waals surface area contributed by atoms with E-state index < -0.39 is 5.60 Å². The van der Waals surface area contributed by atoms with E-state index in [9.17, 15) is 9.59 Å². The molecule has 1 N–H and O–H groups in total. The monoisotopic (exact) mass is 582 g/mol. The maximum atomic E-state index is 13.2. The fraction of sp³-hybridized carbons (Fsp3) is 0.536. The van der Waals surface area contributed by atoms with Crippen molar-refractivity contribution in [3.05, 3.63) is 44.9 Å². The Balaban J connectivity index is 1.30. The summed E-state index contributed by atoms with van der Waals surface area (Å²) in [5.74, 6) is 0.866. The minimum atomic E-state index is -0.459. The average molecular weight is 584 g/mol. The van der Waals surface area contributed by atoms with Crippen LogP contribution in [0.3, 0.4) is 0 Å². The number of nitrogens with one attached hydrogen (secondary N) is 1. The van der Waals surface area contributed by atoms with Gasteiger partial charge in [0.1, 0.15) is 17.1 Å². The number of halogens is 1. The van der Waals surface area contributed by atoms with E-state index in [0.29, 0.717) is 21.9 Å². The lowest BCUT2D eigenvalue weighted by Gasteiger charge is -2.33. The molecule has 0 bridgehead atoms. The molecule has 9 nitrogen and oxygen atoms in total. The third-order valence-electron chi connectivity index (χ3n) is 7.41. The summed E-state index contributed by atoms with van der Waals surface area (Å²) in [4.78, 5) is 41.7. The highest BCUT2D eigenvalue weighted by Crippen LogP contribution is 2.33. The topological polar surface area (TPSA) is 102 Å². The zero-order chi connectivity index (χ0) is 27.0. The second-order valence-electron chi connectivity index (χ2n) is 11.3. The van der Waals surface area contributed by atoms with E-state index in [-0.39, 0.29) is 23.5 Å². The van der Waals surface area contributed by atoms with Crippen LogP contribution in [0.2, 0.25) is 0 Å². The zero-order valence-corrected chi connectivity index (χ0v) is 24.0. The Bertz CT molecular complexity index is 1380. The van der Waals surface area contributed by atoms with E-state index in [2.05, 4.69) is 36.1 Å². The van der Waals surface area contributed by atoms with E-state index >= 15 is 0 Å². The number of hydrogen-bond acceptors (Lipinski definition) is 8. The Morgan fingerprint density at radius 1 is 1.08 bits per heavy atom. The minimum absolute atomic E-state index is 0.0375. The number of carbonyl (C=O) groups is 1. The number of esters is 1. The van der Waals surface area contributed by atoms with Gasteiger partial charge < -0.3 is 15.0 Å². The van der Waals surface area contributed by atoms with Crippen molar-refractivity contribution in [3.8, 4) is 0 Å². The Morgan fingerprint density at radius 3 is 2.42 bits per heavy atom. The molecule has 10 heteroatoms. The third kappa shape index (κ3) is 5.55. The first-order chi connectivity index (χ1) is 18.1. The Hall–Kier alpha value is -3.01. The summed E-state index contributed by atoms with van der Waals surface area (Å²) >= 11 is 3.49. The van der Waals surface area contributed by atoms with Gasteiger partial charge in [0.2, 0.25) is 5.95 Å². The molecule has 202 valence electrons. The largest absolute Gasteiger partial charge is 0.460 e. The van der Waals surface area contributed by atoms with Gasteiger partial charge in [0.25, 0.3) is 5.56 Å². The molecule has 0 amide bonds. The molecule has 0 unspecified atom stereocenters. The molecule has 4 heterocycles. The van der Waals surface area contributed by atoms with Gasteiger partial charge in [0.15, 0.2) is 0 Å². The van der Waals surface area contributed by atoms with Gasteiger partial charge in [-0.3, -0.25) is 14.2 Å². The summed E-state index contributed by atoms with van der Waals surface area (Å²) in [5, 5.41) is 4.07. The van der Waals surface area contributed by atoms with Crippen LogP contribution < -0.4 is 15.8 Å². The van der Waals surface area contributed by atoms with Crippen LogP contribution in [0.25, 0.3) is 11.0 Å². The number of nitrogens with zero attached hydrogens (tertiary/aromatic N) is 5. The van der Waals surface area contributed by atoms with Gasteiger partial charge in [-0.2, -0.15) is 4.98 Å². The zero-order valence-electron chi connectivity index (χ0n) is 22.5. The van der Waals surface area contributed by atoms with Crippen LogP contribution in [0.5, 0.6) is 0 Å². The SMILES string of the molecule is Cc1c(Br)c(=O)n(C2CCCC2)c2nc(Nc3ccc(N4CCC(C(=O)OC(C)(C)C)CC4)cn3)ncc12. The Labute approximate surface area is 231 Å². The molecule has 2 fully saturated rings. The van der Waals surface area contributed by atoms with Crippen molar-refractivity contribution in [1.29, 1.82) is 0 Å². The second kappa shape index (κ2) is 10.6. The van der Waals surface area contributed by atoms with Crippen molar-refractivity contribution >= 4 is 50.4 Å². The number of aryl methyl sites for hydroxylation is 1. The molecule has 5 rings (SSSR count). The highest BCUT2D eigenvalue weighted by molar-refractivity contribution is 9.10. The molecule has 0 atom stereocenters. The van der Waals surface area contributed by atoms with E-state index in [4.69, 9.17) is 9.72 Å². The first-order valence-electron chi connectivity index (χ1n) is 13.4. The first-order valence-corrected chi connectivity index (χ1v) is 14.2. The molecule has 1 saturated carbocycles. The van der Waals surface area contributed by atoms with Crippen LogP contribution in [-0.2, 0) is 9.53 Å². The number of ether oxygens (including phenoxy) is 1. The molecule has 3 aromatic rings. The molecule has 38 heavy (non-hydrogen) atoms. The molecule has 0 radical (unpaired) electrons. The van der Waals surface area contributed by atoms with Gasteiger partial charge in [-0.15, -0.1) is 0 Å². The van der Waals surface area contributed by atoms with Crippen LogP contribution in [0, 0.1) is 12.8 Å². The lowest BCUT2D eigenvalue weighted by atomic mass is 9.96. The molecule has 3 aromatic heterocycles. The molecule has 1 aliphatic heterocycles. The summed E-state index contributed by atoms with van der Waals surface area (Å²) in [7, 11) is 0. The fourth-order valence-electron chi connectivity index (χ4n) is 5.38. The van der Waals surface area contributed by atoms with Gasteiger partial charge in [-0.05, 0) is 87.0 Å². The predicted molar refractivity (Wildman–Crippen MR) is 152 cm³/mol. The highest BCUT2D eigenvalue weighted by atomic mass is 79.9. The van der Waals surface area contributed by atoms with Crippen molar-refractivity contribution in [2.75, 3.05) is 23.3 Å². The number of carbonyl (C=O) groups excluding carboxylic acids is 1. The summed E-state index contributed by atoms with van der Waals surface area (Å²) in [6, 6.07) is 4.07. The van der Waals surface area contributed by atoms with E-state index in [1.54, 1.807) is 6.20 Å². The Kier molecular flexibility index (Phi) is 7.44. The van der Waals surface area contributed by atoms with Crippen molar-refractivity contribution in [1.82, 2.24) is 19.5 Å². The number of anilines is 3. The number of aromatic nitrogens is 4. The number of hydrogen-bond donors (Lipinski definition) is 1. The number of rotatable bonds is 5. The quantitative estimate of drug-likeness (QED) is 0.383. The first kappa shape index (κ1) is 26.6. The Morgan fingerprint density at radius 2 is 1.79 bits per heavy atom. The molecular formula is C28H35BrN6O3. The lowest BCUT2D eigenvalue weighted by molar-refractivity contribution is -0.160. The summed E-state index contributed by atoms with van der Waals surface area (Å²) in [6.45, 7) is 9.18. The van der Waals surface area contributed by atoms with Crippen LogP contribution >= 0.6 is 15.9 Å². The molecular weight excluding hydrogens is 548 g/mol. The highest BCUT2D eigenvalue weighted by Gasteiger charge is 2.29. The van der Waals surface area contributed by atoms with Gasteiger partial charge in [-0.25, -0.2) is 9.97 Å². The van der Waals surface area contributed by atoms with Crippen molar-refractivity contribution in [3.63, 3.8) is 0 Å². The summed E-state index contributed by atoms with van der Waals surface area (Å²) < 4.78 is 7.98. The molecule has 1 saturated heterocycles. The molecule has 0 aromatic carbocycles. The van der Waals surface area contributed by atoms with E-state index in [0.717, 1.165) is 68.3 Å². The molecule has 0 spiro atoms. The molecule has 2 aliphatic rings. The summed E-state index contributed by atoms with van der Waals surface area (Å²) in [6.07, 6.45) is 9.33. The molecule has 1 aliphatic carbocycles.